The van der Waals surface area contributed by atoms with Gasteiger partial charge in [0.1, 0.15) is 0 Å². The molecule has 0 fully saturated rings. The van der Waals surface area contributed by atoms with Crippen molar-refractivity contribution >= 4 is 15.9 Å². The van der Waals surface area contributed by atoms with Crippen molar-refractivity contribution in [3.05, 3.63) is 23.8 Å². The van der Waals surface area contributed by atoms with E-state index in [2.05, 4.69) is 41.9 Å². The summed E-state index contributed by atoms with van der Waals surface area (Å²) in [6.07, 6.45) is 4.95. The first-order valence-electron chi connectivity index (χ1n) is 8.21. The van der Waals surface area contributed by atoms with Crippen molar-refractivity contribution in [3.63, 3.8) is 0 Å². The molecule has 3 heteroatoms. The molecule has 1 unspecified atom stereocenters. The molecule has 21 heavy (non-hydrogen) atoms. The van der Waals surface area contributed by atoms with Gasteiger partial charge in [-0.3, -0.25) is 0 Å². The molecule has 0 aliphatic carbocycles. The van der Waals surface area contributed by atoms with Gasteiger partial charge < -0.3 is 9.47 Å². The summed E-state index contributed by atoms with van der Waals surface area (Å²) in [5.41, 5.74) is 1.29. The summed E-state index contributed by atoms with van der Waals surface area (Å²) in [7, 11) is 0. The second-order valence-electron chi connectivity index (χ2n) is 5.31. The van der Waals surface area contributed by atoms with E-state index in [9.17, 15) is 0 Å². The number of benzene rings is 1. The summed E-state index contributed by atoms with van der Waals surface area (Å²) in [6, 6.07) is 6.32. The fourth-order valence-corrected chi connectivity index (χ4v) is 3.50. The number of halogens is 1. The average molecular weight is 357 g/mol. The van der Waals surface area contributed by atoms with Crippen LogP contribution < -0.4 is 9.47 Å². The standard InChI is InChI=1S/C18H29BrO2/c1-5-9-14(10-6-2)18(19)15-11-12-16(20-7-3)17(13-15)21-8-4/h11-14,18H,5-10H2,1-4H3. The molecule has 0 aliphatic heterocycles. The Morgan fingerprint density at radius 2 is 1.48 bits per heavy atom. The van der Waals surface area contributed by atoms with Gasteiger partial charge in [0.15, 0.2) is 11.5 Å². The molecular formula is C18H29BrO2. The van der Waals surface area contributed by atoms with Crippen LogP contribution in [0, 0.1) is 5.92 Å². The smallest absolute Gasteiger partial charge is 0.161 e. The molecule has 1 rings (SSSR count). The normalized spacial score (nSPS) is 12.5. The van der Waals surface area contributed by atoms with Crippen LogP contribution >= 0.6 is 15.9 Å². The van der Waals surface area contributed by atoms with Crippen LogP contribution in [0.1, 0.15) is 63.8 Å². The first kappa shape index (κ1) is 18.3. The molecule has 0 aliphatic rings. The maximum absolute atomic E-state index is 5.73. The largest absolute Gasteiger partial charge is 0.490 e. The lowest BCUT2D eigenvalue weighted by atomic mass is 9.91. The van der Waals surface area contributed by atoms with Crippen LogP contribution in [0.5, 0.6) is 11.5 Å². The van der Waals surface area contributed by atoms with Crippen LogP contribution in [0.3, 0.4) is 0 Å². The van der Waals surface area contributed by atoms with Gasteiger partial charge in [0.05, 0.1) is 13.2 Å². The molecule has 0 spiro atoms. The minimum absolute atomic E-state index is 0.382. The maximum atomic E-state index is 5.73. The van der Waals surface area contributed by atoms with Gasteiger partial charge in [-0.2, -0.15) is 0 Å². The van der Waals surface area contributed by atoms with Gasteiger partial charge in [-0.15, -0.1) is 0 Å². The summed E-state index contributed by atoms with van der Waals surface area (Å²) in [5.74, 6) is 2.37. The molecule has 0 amide bonds. The molecule has 0 heterocycles. The van der Waals surface area contributed by atoms with Crippen LogP contribution in [0.15, 0.2) is 18.2 Å². The SMILES string of the molecule is CCCC(CCC)C(Br)c1ccc(OCC)c(OCC)c1. The van der Waals surface area contributed by atoms with Crippen molar-refractivity contribution < 1.29 is 9.47 Å². The Labute approximate surface area is 138 Å². The number of hydrogen-bond donors (Lipinski definition) is 0. The lowest BCUT2D eigenvalue weighted by Gasteiger charge is -2.23. The summed E-state index contributed by atoms with van der Waals surface area (Å²) in [5, 5.41) is 0. The zero-order valence-corrected chi connectivity index (χ0v) is 15.4. The summed E-state index contributed by atoms with van der Waals surface area (Å²) >= 11 is 3.91. The van der Waals surface area contributed by atoms with Crippen LogP contribution in [-0.4, -0.2) is 13.2 Å². The second kappa shape index (κ2) is 10.1. The predicted octanol–water partition coefficient (Wildman–Crippen LogP) is 6.14. The highest BCUT2D eigenvalue weighted by molar-refractivity contribution is 9.09. The fourth-order valence-electron chi connectivity index (χ4n) is 2.69. The summed E-state index contributed by atoms with van der Waals surface area (Å²) in [4.78, 5) is 0.382. The lowest BCUT2D eigenvalue weighted by Crippen LogP contribution is -2.08. The molecule has 0 saturated carbocycles. The summed E-state index contributed by atoms with van der Waals surface area (Å²) in [6.45, 7) is 9.83. The Morgan fingerprint density at radius 1 is 0.905 bits per heavy atom. The van der Waals surface area contributed by atoms with Crippen LogP contribution in [-0.2, 0) is 0 Å². The van der Waals surface area contributed by atoms with E-state index in [0.29, 0.717) is 24.0 Å². The van der Waals surface area contributed by atoms with Crippen molar-refractivity contribution in [2.45, 2.75) is 58.2 Å². The van der Waals surface area contributed by atoms with E-state index in [1.807, 2.05) is 19.9 Å². The third-order valence-electron chi connectivity index (χ3n) is 3.62. The molecule has 1 atom stereocenters. The zero-order chi connectivity index (χ0) is 15.7. The van der Waals surface area contributed by atoms with Gasteiger partial charge in [0.25, 0.3) is 0 Å². The van der Waals surface area contributed by atoms with E-state index < -0.39 is 0 Å². The molecule has 0 aromatic heterocycles. The molecule has 1 aromatic carbocycles. The van der Waals surface area contributed by atoms with Gasteiger partial charge in [0.2, 0.25) is 0 Å². The van der Waals surface area contributed by atoms with Crippen LogP contribution in [0.2, 0.25) is 0 Å². The summed E-state index contributed by atoms with van der Waals surface area (Å²) < 4.78 is 11.4. The van der Waals surface area contributed by atoms with E-state index in [-0.39, 0.29) is 0 Å². The highest BCUT2D eigenvalue weighted by atomic mass is 79.9. The Kier molecular flexibility index (Phi) is 8.82. The second-order valence-corrected chi connectivity index (χ2v) is 6.30. The lowest BCUT2D eigenvalue weighted by molar-refractivity contribution is 0.287. The highest BCUT2D eigenvalue weighted by Gasteiger charge is 2.20. The molecule has 1 aromatic rings. The third-order valence-corrected chi connectivity index (χ3v) is 4.90. The van der Waals surface area contributed by atoms with Crippen molar-refractivity contribution in [3.8, 4) is 11.5 Å². The molecule has 120 valence electrons. The Morgan fingerprint density at radius 3 is 2.00 bits per heavy atom. The fraction of sp³-hybridized carbons (Fsp3) is 0.667. The molecule has 0 N–H and O–H groups in total. The Balaban J connectivity index is 2.96. The monoisotopic (exact) mass is 356 g/mol. The Hall–Kier alpha value is -0.700. The molecule has 0 saturated heterocycles. The average Bonchev–Trinajstić information content (AvgIpc) is 2.48. The van der Waals surface area contributed by atoms with E-state index >= 15 is 0 Å². The molecule has 0 radical (unpaired) electrons. The van der Waals surface area contributed by atoms with Gasteiger partial charge in [-0.25, -0.2) is 0 Å². The van der Waals surface area contributed by atoms with E-state index in [1.54, 1.807) is 0 Å². The zero-order valence-electron chi connectivity index (χ0n) is 13.8. The molecular weight excluding hydrogens is 328 g/mol. The molecule has 0 bridgehead atoms. The maximum Gasteiger partial charge on any atom is 0.161 e. The third kappa shape index (κ3) is 5.54. The van der Waals surface area contributed by atoms with Gasteiger partial charge >= 0.3 is 0 Å². The van der Waals surface area contributed by atoms with E-state index in [0.717, 1.165) is 11.5 Å². The predicted molar refractivity (Wildman–Crippen MR) is 93.8 cm³/mol. The van der Waals surface area contributed by atoms with Crippen molar-refractivity contribution in [2.24, 2.45) is 5.92 Å². The van der Waals surface area contributed by atoms with Crippen LogP contribution in [0.4, 0.5) is 0 Å². The number of alkyl halides is 1. The van der Waals surface area contributed by atoms with Gasteiger partial charge in [-0.1, -0.05) is 48.7 Å². The number of rotatable bonds is 10. The quantitative estimate of drug-likeness (QED) is 0.469. The number of ether oxygens (including phenoxy) is 2. The first-order chi connectivity index (χ1) is 10.2. The minimum atomic E-state index is 0.382. The van der Waals surface area contributed by atoms with Crippen LogP contribution in [0.25, 0.3) is 0 Å². The van der Waals surface area contributed by atoms with E-state index in [4.69, 9.17) is 9.47 Å². The first-order valence-corrected chi connectivity index (χ1v) is 9.12. The highest BCUT2D eigenvalue weighted by Crippen LogP contribution is 2.40. The van der Waals surface area contributed by atoms with Crippen molar-refractivity contribution in [2.75, 3.05) is 13.2 Å². The minimum Gasteiger partial charge on any atom is -0.490 e. The van der Waals surface area contributed by atoms with Crippen molar-refractivity contribution in [1.82, 2.24) is 0 Å². The van der Waals surface area contributed by atoms with Crippen molar-refractivity contribution in [1.29, 1.82) is 0 Å². The Bertz CT molecular complexity index is 400. The van der Waals surface area contributed by atoms with E-state index in [1.165, 1.54) is 31.2 Å². The van der Waals surface area contributed by atoms with Gasteiger partial charge in [0, 0.05) is 4.83 Å². The topological polar surface area (TPSA) is 18.5 Å². The number of hydrogen-bond acceptors (Lipinski definition) is 2. The van der Waals surface area contributed by atoms with Gasteiger partial charge in [-0.05, 0) is 50.3 Å². The molecule has 2 nitrogen and oxygen atoms in total.